The number of hydrogen-bond donors (Lipinski definition) is 1. The van der Waals surface area contributed by atoms with E-state index in [4.69, 9.17) is 0 Å². The van der Waals surface area contributed by atoms with Gasteiger partial charge in [-0.05, 0) is 50.4 Å². The maximum absolute atomic E-state index is 13.3. The van der Waals surface area contributed by atoms with E-state index in [1.807, 2.05) is 39.8 Å². The predicted molar refractivity (Wildman–Crippen MR) is 118 cm³/mol. The van der Waals surface area contributed by atoms with Crippen molar-refractivity contribution in [1.82, 2.24) is 24.6 Å². The number of fused-ring (bicyclic) bond motifs is 5. The third kappa shape index (κ3) is 3.19. The van der Waals surface area contributed by atoms with Gasteiger partial charge < -0.3 is 9.47 Å². The average molecular weight is 418 g/mol. The second-order valence-corrected chi connectivity index (χ2v) is 9.31. The lowest BCUT2D eigenvalue weighted by molar-refractivity contribution is 0.0590. The zero-order valence-electron chi connectivity index (χ0n) is 17.6. The van der Waals surface area contributed by atoms with E-state index in [2.05, 4.69) is 21.2 Å². The number of carbonyl (C=O) groups excluding carboxylic acids is 1. The topological polar surface area (TPSA) is 74.2 Å². The van der Waals surface area contributed by atoms with Crippen molar-refractivity contribution in [3.05, 3.63) is 63.7 Å². The van der Waals surface area contributed by atoms with Crippen molar-refractivity contribution in [2.45, 2.75) is 38.3 Å². The minimum atomic E-state index is -0.0198. The fourth-order valence-corrected chi connectivity index (χ4v) is 5.74. The summed E-state index contributed by atoms with van der Waals surface area (Å²) in [6.45, 7) is 4.95. The summed E-state index contributed by atoms with van der Waals surface area (Å²) in [4.78, 5) is 30.8. The van der Waals surface area contributed by atoms with Crippen LogP contribution in [0.5, 0.6) is 0 Å². The molecule has 2 aromatic heterocycles. The molecule has 1 amide bonds. The van der Waals surface area contributed by atoms with Crippen molar-refractivity contribution in [2.24, 2.45) is 5.92 Å². The number of hydrogen-bond acceptors (Lipinski definition) is 4. The summed E-state index contributed by atoms with van der Waals surface area (Å²) in [5, 5.41) is 8.14. The Kier molecular flexibility index (Phi) is 4.45. The van der Waals surface area contributed by atoms with Gasteiger partial charge in [-0.2, -0.15) is 5.10 Å². The second-order valence-electron chi connectivity index (χ2n) is 9.31. The number of benzene rings is 1. The SMILES string of the molecule is O=C(c1n[nH]c2ccccc12)N1C[C@@H]2C[C@H](C1)c1ccc(CN3CCCC3)c(=O)n1C2. The summed E-state index contributed by atoms with van der Waals surface area (Å²) in [5.74, 6) is 0.490. The van der Waals surface area contributed by atoms with Gasteiger partial charge in [0, 0.05) is 48.7 Å². The molecule has 1 N–H and O–H groups in total. The standard InChI is InChI=1S/C24H27N5O2/c30-23-17(14-27-9-3-4-10-27)7-8-21-18-11-16(13-29(21)23)12-28(15-18)24(31)22-19-5-1-2-6-20(19)25-26-22/h1-2,5-8,16,18H,3-4,9-15H2,(H,25,26)/t16-,18+/m0/s1. The van der Waals surface area contributed by atoms with Crippen molar-refractivity contribution < 1.29 is 4.79 Å². The number of H-pyrrole nitrogens is 1. The Morgan fingerprint density at radius 1 is 1.06 bits per heavy atom. The van der Waals surface area contributed by atoms with Crippen molar-refractivity contribution in [1.29, 1.82) is 0 Å². The Morgan fingerprint density at radius 3 is 2.77 bits per heavy atom. The molecule has 2 bridgehead atoms. The third-order valence-corrected chi connectivity index (χ3v) is 7.24. The number of amides is 1. The van der Waals surface area contributed by atoms with E-state index in [9.17, 15) is 9.59 Å². The molecule has 1 aromatic carbocycles. The number of nitrogens with zero attached hydrogens (tertiary/aromatic N) is 4. The molecule has 2 fully saturated rings. The van der Waals surface area contributed by atoms with Crippen LogP contribution >= 0.6 is 0 Å². The van der Waals surface area contributed by atoms with Crippen molar-refractivity contribution >= 4 is 16.8 Å². The average Bonchev–Trinajstić information content (AvgIpc) is 3.45. The Morgan fingerprint density at radius 2 is 1.90 bits per heavy atom. The fourth-order valence-electron chi connectivity index (χ4n) is 5.74. The highest BCUT2D eigenvalue weighted by atomic mass is 16.2. The molecule has 2 atom stereocenters. The number of nitrogens with one attached hydrogen (secondary N) is 1. The number of rotatable bonds is 3. The first-order valence-corrected chi connectivity index (χ1v) is 11.3. The van der Waals surface area contributed by atoms with Crippen molar-refractivity contribution in [3.8, 4) is 0 Å². The third-order valence-electron chi connectivity index (χ3n) is 7.24. The Hall–Kier alpha value is -2.93. The summed E-state index contributed by atoms with van der Waals surface area (Å²) in [6.07, 6.45) is 3.49. The van der Waals surface area contributed by atoms with Crippen LogP contribution in [0.1, 0.15) is 46.9 Å². The van der Waals surface area contributed by atoms with Gasteiger partial charge in [-0.25, -0.2) is 0 Å². The van der Waals surface area contributed by atoms with Gasteiger partial charge in [0.05, 0.1) is 5.52 Å². The van der Waals surface area contributed by atoms with Crippen LogP contribution in [0.2, 0.25) is 0 Å². The minimum Gasteiger partial charge on any atom is -0.336 e. The van der Waals surface area contributed by atoms with Crippen LogP contribution in [0.4, 0.5) is 0 Å². The van der Waals surface area contributed by atoms with Gasteiger partial charge in [-0.3, -0.25) is 19.6 Å². The van der Waals surface area contributed by atoms with Gasteiger partial charge in [-0.15, -0.1) is 0 Å². The number of aromatic amines is 1. The van der Waals surface area contributed by atoms with E-state index >= 15 is 0 Å². The lowest BCUT2D eigenvalue weighted by atomic mass is 9.82. The van der Waals surface area contributed by atoms with Crippen molar-refractivity contribution in [3.63, 3.8) is 0 Å². The van der Waals surface area contributed by atoms with Crippen LogP contribution < -0.4 is 5.56 Å². The summed E-state index contributed by atoms with van der Waals surface area (Å²) in [5.41, 5.74) is 3.52. The van der Waals surface area contributed by atoms with Crippen LogP contribution in [0.3, 0.4) is 0 Å². The Bertz CT molecular complexity index is 1210. The number of piperidine rings is 1. The van der Waals surface area contributed by atoms with Gasteiger partial charge in [-0.1, -0.05) is 24.3 Å². The molecule has 0 spiro atoms. The first-order valence-electron chi connectivity index (χ1n) is 11.3. The summed E-state index contributed by atoms with van der Waals surface area (Å²) in [6, 6.07) is 11.9. The number of likely N-dealkylation sites (tertiary alicyclic amines) is 2. The normalized spacial score (nSPS) is 23.3. The lowest BCUT2D eigenvalue weighted by Gasteiger charge is -2.42. The van der Waals surface area contributed by atoms with E-state index in [0.29, 0.717) is 31.2 Å². The van der Waals surface area contributed by atoms with Crippen LogP contribution in [-0.4, -0.2) is 56.7 Å². The van der Waals surface area contributed by atoms with Gasteiger partial charge in [0.25, 0.3) is 11.5 Å². The number of aromatic nitrogens is 3. The van der Waals surface area contributed by atoms with Crippen molar-refractivity contribution in [2.75, 3.05) is 26.2 Å². The first-order chi connectivity index (χ1) is 15.2. The molecule has 0 aliphatic carbocycles. The molecule has 2 saturated heterocycles. The number of para-hydroxylation sites is 1. The van der Waals surface area contributed by atoms with Gasteiger partial charge in [0.1, 0.15) is 0 Å². The monoisotopic (exact) mass is 417 g/mol. The second kappa shape index (κ2) is 7.34. The predicted octanol–water partition coefficient (Wildman–Crippen LogP) is 2.58. The molecule has 31 heavy (non-hydrogen) atoms. The first kappa shape index (κ1) is 18.8. The fraction of sp³-hybridized carbons (Fsp3) is 0.458. The largest absolute Gasteiger partial charge is 0.336 e. The molecule has 0 radical (unpaired) electrons. The Labute approximate surface area is 180 Å². The molecule has 3 aliphatic rings. The highest BCUT2D eigenvalue weighted by Gasteiger charge is 2.37. The molecule has 7 heteroatoms. The molecule has 160 valence electrons. The number of carbonyl (C=O) groups is 1. The maximum Gasteiger partial charge on any atom is 0.275 e. The quantitative estimate of drug-likeness (QED) is 0.711. The van der Waals surface area contributed by atoms with Gasteiger partial charge in [0.15, 0.2) is 5.69 Å². The van der Waals surface area contributed by atoms with E-state index in [-0.39, 0.29) is 17.4 Å². The lowest BCUT2D eigenvalue weighted by Crippen LogP contribution is -2.49. The Balaban J connectivity index is 1.27. The van der Waals surface area contributed by atoms with E-state index in [0.717, 1.165) is 48.2 Å². The van der Waals surface area contributed by atoms with Crippen LogP contribution in [0, 0.1) is 5.92 Å². The van der Waals surface area contributed by atoms with E-state index in [1.54, 1.807) is 0 Å². The molecule has 0 unspecified atom stereocenters. The summed E-state index contributed by atoms with van der Waals surface area (Å²) in [7, 11) is 0. The minimum absolute atomic E-state index is 0.0198. The molecular formula is C24H27N5O2. The highest BCUT2D eigenvalue weighted by molar-refractivity contribution is 6.04. The molecule has 7 nitrogen and oxygen atoms in total. The smallest absolute Gasteiger partial charge is 0.275 e. The zero-order valence-corrected chi connectivity index (χ0v) is 17.6. The zero-order chi connectivity index (χ0) is 20.9. The summed E-state index contributed by atoms with van der Waals surface area (Å²) < 4.78 is 2.00. The molecule has 3 aliphatic heterocycles. The van der Waals surface area contributed by atoms with Gasteiger partial charge >= 0.3 is 0 Å². The molecule has 6 rings (SSSR count). The molecular weight excluding hydrogens is 390 g/mol. The van der Waals surface area contributed by atoms with Gasteiger partial charge in [0.2, 0.25) is 0 Å². The number of pyridine rings is 1. The molecule has 5 heterocycles. The van der Waals surface area contributed by atoms with E-state index < -0.39 is 0 Å². The van der Waals surface area contributed by atoms with E-state index in [1.165, 1.54) is 12.8 Å². The van der Waals surface area contributed by atoms with Crippen LogP contribution in [0.25, 0.3) is 10.9 Å². The van der Waals surface area contributed by atoms with Crippen LogP contribution in [-0.2, 0) is 13.1 Å². The van der Waals surface area contributed by atoms with Crippen LogP contribution in [0.15, 0.2) is 41.2 Å². The maximum atomic E-state index is 13.3. The highest BCUT2D eigenvalue weighted by Crippen LogP contribution is 2.36. The summed E-state index contributed by atoms with van der Waals surface area (Å²) >= 11 is 0. The molecule has 0 saturated carbocycles. The molecule has 3 aromatic rings.